The van der Waals surface area contributed by atoms with Gasteiger partial charge in [0.25, 0.3) is 5.91 Å². The van der Waals surface area contributed by atoms with E-state index >= 15 is 0 Å². The van der Waals surface area contributed by atoms with Crippen LogP contribution < -0.4 is 10.6 Å². The van der Waals surface area contributed by atoms with E-state index < -0.39 is 6.04 Å². The number of nitrogens with zero attached hydrogens (tertiary/aromatic N) is 1. The van der Waals surface area contributed by atoms with Crippen molar-refractivity contribution < 1.29 is 9.59 Å². The Bertz CT molecular complexity index is 1360. The summed E-state index contributed by atoms with van der Waals surface area (Å²) in [5.74, 6) is -0.402. The summed E-state index contributed by atoms with van der Waals surface area (Å²) < 4.78 is 1.95. The van der Waals surface area contributed by atoms with Crippen LogP contribution in [-0.2, 0) is 6.54 Å². The third-order valence-electron chi connectivity index (χ3n) is 5.71. The molecule has 33 heavy (non-hydrogen) atoms. The molecule has 4 aromatic rings. The molecule has 1 aliphatic heterocycles. The van der Waals surface area contributed by atoms with Crippen molar-refractivity contribution in [3.8, 4) is 0 Å². The van der Waals surface area contributed by atoms with E-state index in [0.717, 1.165) is 16.9 Å². The Morgan fingerprint density at radius 1 is 0.879 bits per heavy atom. The number of benzene rings is 3. The first-order valence-electron chi connectivity index (χ1n) is 10.4. The van der Waals surface area contributed by atoms with Crippen molar-refractivity contribution in [2.24, 2.45) is 0 Å². The van der Waals surface area contributed by atoms with Crippen molar-refractivity contribution in [1.82, 2.24) is 4.57 Å². The van der Waals surface area contributed by atoms with Crippen LogP contribution >= 0.6 is 23.2 Å². The van der Waals surface area contributed by atoms with E-state index in [-0.39, 0.29) is 11.7 Å². The second kappa shape index (κ2) is 8.77. The van der Waals surface area contributed by atoms with Crippen molar-refractivity contribution in [2.45, 2.75) is 12.6 Å². The van der Waals surface area contributed by atoms with Gasteiger partial charge in [-0.05, 0) is 60.2 Å². The second-order valence-corrected chi connectivity index (χ2v) is 8.57. The fourth-order valence-corrected chi connectivity index (χ4v) is 4.45. The number of aromatic nitrogens is 1. The van der Waals surface area contributed by atoms with Crippen LogP contribution in [0.3, 0.4) is 0 Å². The monoisotopic (exact) mass is 475 g/mol. The van der Waals surface area contributed by atoms with Crippen LogP contribution in [0.5, 0.6) is 0 Å². The molecule has 1 atom stereocenters. The molecule has 0 saturated carbocycles. The standard InChI is InChI=1S/C26H19Cl2N3O2/c27-20-7-3-2-6-19(20)26(33)29-18-11-9-16(10-12-18)25(32)24-22-13-14-23(28)31(22)15-17-5-1-4-8-21(17)30-24/h1-14,24,30H,15H2,(H,29,33). The van der Waals surface area contributed by atoms with E-state index in [2.05, 4.69) is 10.6 Å². The summed E-state index contributed by atoms with van der Waals surface area (Å²) >= 11 is 12.5. The Morgan fingerprint density at radius 3 is 2.39 bits per heavy atom. The van der Waals surface area contributed by atoms with E-state index in [1.807, 2.05) is 34.9 Å². The molecule has 1 amide bonds. The molecule has 1 unspecified atom stereocenters. The Balaban J connectivity index is 1.40. The number of amides is 1. The van der Waals surface area contributed by atoms with Crippen LogP contribution in [0.15, 0.2) is 84.9 Å². The van der Waals surface area contributed by atoms with Gasteiger partial charge in [-0.15, -0.1) is 0 Å². The normalized spacial score (nSPS) is 14.4. The van der Waals surface area contributed by atoms with Gasteiger partial charge in [0.1, 0.15) is 11.2 Å². The highest BCUT2D eigenvalue weighted by molar-refractivity contribution is 6.34. The molecule has 0 radical (unpaired) electrons. The van der Waals surface area contributed by atoms with E-state index in [1.165, 1.54) is 0 Å². The molecule has 3 aromatic carbocycles. The number of halogens is 2. The molecule has 7 heteroatoms. The highest BCUT2D eigenvalue weighted by atomic mass is 35.5. The number of anilines is 2. The highest BCUT2D eigenvalue weighted by Gasteiger charge is 2.29. The zero-order chi connectivity index (χ0) is 22.9. The lowest BCUT2D eigenvalue weighted by Gasteiger charge is -2.18. The Hall–Kier alpha value is -3.54. The molecule has 5 nitrogen and oxygen atoms in total. The predicted molar refractivity (Wildman–Crippen MR) is 132 cm³/mol. The molecule has 5 rings (SSSR count). The van der Waals surface area contributed by atoms with Crippen molar-refractivity contribution in [3.05, 3.63) is 117 Å². The molecule has 0 aliphatic carbocycles. The fraction of sp³-hybridized carbons (Fsp3) is 0.0769. The van der Waals surface area contributed by atoms with Crippen LogP contribution in [0.1, 0.15) is 38.0 Å². The minimum Gasteiger partial charge on any atom is -0.370 e. The number of carbonyl (C=O) groups is 2. The van der Waals surface area contributed by atoms with Gasteiger partial charge in [0.05, 0.1) is 17.1 Å². The molecule has 0 spiro atoms. The summed E-state index contributed by atoms with van der Waals surface area (Å²) in [6.07, 6.45) is 0. The molecule has 2 heterocycles. The maximum atomic E-state index is 13.5. The third kappa shape index (κ3) is 4.13. The Kier molecular flexibility index (Phi) is 5.67. The van der Waals surface area contributed by atoms with Gasteiger partial charge in [0, 0.05) is 22.6 Å². The Labute approximate surface area is 201 Å². The molecule has 1 aromatic heterocycles. The molecule has 0 bridgehead atoms. The van der Waals surface area contributed by atoms with Gasteiger partial charge >= 0.3 is 0 Å². The van der Waals surface area contributed by atoms with Crippen molar-refractivity contribution in [1.29, 1.82) is 0 Å². The number of para-hydroxylation sites is 1. The lowest BCUT2D eigenvalue weighted by Crippen LogP contribution is -2.22. The summed E-state index contributed by atoms with van der Waals surface area (Å²) in [6, 6.07) is 24.6. The zero-order valence-corrected chi connectivity index (χ0v) is 18.9. The van der Waals surface area contributed by atoms with Crippen LogP contribution in [0.25, 0.3) is 0 Å². The van der Waals surface area contributed by atoms with Crippen LogP contribution in [0.4, 0.5) is 11.4 Å². The maximum Gasteiger partial charge on any atom is 0.257 e. The van der Waals surface area contributed by atoms with Crippen LogP contribution in [-0.4, -0.2) is 16.3 Å². The number of carbonyl (C=O) groups excluding carboxylic acids is 2. The topological polar surface area (TPSA) is 63.1 Å². The number of rotatable bonds is 4. The number of hydrogen-bond donors (Lipinski definition) is 2. The first-order chi connectivity index (χ1) is 16.0. The Morgan fingerprint density at radius 2 is 1.61 bits per heavy atom. The zero-order valence-electron chi connectivity index (χ0n) is 17.4. The number of ketones is 1. The van der Waals surface area contributed by atoms with Gasteiger partial charge in [-0.2, -0.15) is 0 Å². The van der Waals surface area contributed by atoms with Gasteiger partial charge in [-0.3, -0.25) is 9.59 Å². The summed E-state index contributed by atoms with van der Waals surface area (Å²) in [7, 11) is 0. The van der Waals surface area contributed by atoms with Crippen molar-refractivity contribution in [3.63, 3.8) is 0 Å². The molecule has 164 valence electrons. The van der Waals surface area contributed by atoms with Gasteiger partial charge < -0.3 is 15.2 Å². The molecule has 2 N–H and O–H groups in total. The van der Waals surface area contributed by atoms with Crippen molar-refractivity contribution in [2.75, 3.05) is 10.6 Å². The second-order valence-electron chi connectivity index (χ2n) is 7.78. The molecular formula is C26H19Cl2N3O2. The average Bonchev–Trinajstić information content (AvgIpc) is 3.09. The predicted octanol–water partition coefficient (Wildman–Crippen LogP) is 6.45. The minimum absolute atomic E-state index is 0.0910. The molecular weight excluding hydrogens is 457 g/mol. The lowest BCUT2D eigenvalue weighted by atomic mass is 10.0. The quantitative estimate of drug-likeness (QED) is 0.333. The van der Waals surface area contributed by atoms with Crippen LogP contribution in [0.2, 0.25) is 10.2 Å². The molecule has 0 saturated heterocycles. The summed E-state index contributed by atoms with van der Waals surface area (Å²) in [6.45, 7) is 0.584. The SMILES string of the molecule is O=C(Nc1ccc(C(=O)C2Nc3ccccc3Cn3c(Cl)ccc32)cc1)c1ccccc1Cl. The lowest BCUT2D eigenvalue weighted by molar-refractivity contribution is 0.0966. The van der Waals surface area contributed by atoms with Gasteiger partial charge in [-0.1, -0.05) is 53.5 Å². The van der Waals surface area contributed by atoms with E-state index in [1.54, 1.807) is 54.6 Å². The first-order valence-corrected chi connectivity index (χ1v) is 11.2. The third-order valence-corrected chi connectivity index (χ3v) is 6.37. The maximum absolute atomic E-state index is 13.5. The number of fused-ring (bicyclic) bond motifs is 2. The average molecular weight is 476 g/mol. The fourth-order valence-electron chi connectivity index (χ4n) is 4.00. The molecule has 0 fully saturated rings. The first kappa shape index (κ1) is 21.3. The molecule has 1 aliphatic rings. The summed E-state index contributed by atoms with van der Waals surface area (Å²) in [5, 5.41) is 7.16. The smallest absolute Gasteiger partial charge is 0.257 e. The van der Waals surface area contributed by atoms with E-state index in [0.29, 0.717) is 33.5 Å². The number of nitrogens with one attached hydrogen (secondary N) is 2. The largest absolute Gasteiger partial charge is 0.370 e. The summed E-state index contributed by atoms with van der Waals surface area (Å²) in [5.41, 5.74) is 4.24. The van der Waals surface area contributed by atoms with Gasteiger partial charge in [0.15, 0.2) is 5.78 Å². The summed E-state index contributed by atoms with van der Waals surface area (Å²) in [4.78, 5) is 26.0. The van der Waals surface area contributed by atoms with E-state index in [9.17, 15) is 9.59 Å². The number of Topliss-reactive ketones (excluding diaryl/α,β-unsaturated/α-hetero) is 1. The minimum atomic E-state index is -0.593. The van der Waals surface area contributed by atoms with Crippen LogP contribution in [0, 0.1) is 0 Å². The highest BCUT2D eigenvalue weighted by Crippen LogP contribution is 2.33. The van der Waals surface area contributed by atoms with Crippen molar-refractivity contribution >= 4 is 46.3 Å². The van der Waals surface area contributed by atoms with E-state index in [4.69, 9.17) is 23.2 Å². The number of hydrogen-bond acceptors (Lipinski definition) is 3. The van der Waals surface area contributed by atoms with Gasteiger partial charge in [0.2, 0.25) is 0 Å². The van der Waals surface area contributed by atoms with Gasteiger partial charge in [-0.25, -0.2) is 0 Å².